The van der Waals surface area contributed by atoms with Gasteiger partial charge in [0.05, 0.1) is 0 Å². The Balaban J connectivity index is 2.58. The highest BCUT2D eigenvalue weighted by Gasteiger charge is 2.39. The number of unbranched alkanes of at least 4 members (excludes halogenated alkanes) is 2. The van der Waals surface area contributed by atoms with E-state index >= 15 is 0 Å². The first kappa shape index (κ1) is 32.9. The maximum absolute atomic E-state index is 14.5. The second kappa shape index (κ2) is 15.4. The number of alkyl carbamates (subject to hydrolysis) is 1. The van der Waals surface area contributed by atoms with Crippen LogP contribution in [-0.2, 0) is 20.7 Å². The summed E-state index contributed by atoms with van der Waals surface area (Å²) >= 11 is 0. The molecule has 3 atom stereocenters. The molecular weight excluding hydrogens is 502 g/mol. The van der Waals surface area contributed by atoms with Gasteiger partial charge in [-0.05, 0) is 71.1 Å². The minimum Gasteiger partial charge on any atom is -0.444 e. The average molecular weight is 552 g/mol. The van der Waals surface area contributed by atoms with Gasteiger partial charge in [-0.2, -0.15) is 0 Å². The zero-order valence-electron chi connectivity index (χ0n) is 25.7. The number of nitrogens with zero attached hydrogens (tertiary/aromatic N) is 1. The molecule has 2 aromatic carbocycles. The van der Waals surface area contributed by atoms with Crippen LogP contribution in [-0.4, -0.2) is 47.0 Å². The van der Waals surface area contributed by atoms with E-state index in [0.29, 0.717) is 13.0 Å². The van der Waals surface area contributed by atoms with Crippen molar-refractivity contribution < 1.29 is 19.1 Å². The molecule has 7 heteroatoms. The molecule has 0 aliphatic heterocycles. The zero-order chi connectivity index (χ0) is 29.9. The molecule has 2 aromatic rings. The van der Waals surface area contributed by atoms with E-state index < -0.39 is 23.8 Å². The molecule has 2 rings (SSSR count). The largest absolute Gasteiger partial charge is 0.444 e. The van der Waals surface area contributed by atoms with E-state index in [9.17, 15) is 14.4 Å². The second-order valence-electron chi connectivity index (χ2n) is 11.7. The first-order valence-electron chi connectivity index (χ1n) is 14.6. The summed E-state index contributed by atoms with van der Waals surface area (Å²) in [6.07, 6.45) is 3.17. The number of benzene rings is 2. The highest BCUT2D eigenvalue weighted by atomic mass is 16.6. The summed E-state index contributed by atoms with van der Waals surface area (Å²) < 4.78 is 5.53. The average Bonchev–Trinajstić information content (AvgIpc) is 2.89. The topological polar surface area (TPSA) is 87.7 Å². The van der Waals surface area contributed by atoms with Gasteiger partial charge in [-0.25, -0.2) is 4.79 Å². The van der Waals surface area contributed by atoms with Crippen molar-refractivity contribution in [1.29, 1.82) is 0 Å². The first-order valence-corrected chi connectivity index (χ1v) is 14.6. The van der Waals surface area contributed by atoms with Gasteiger partial charge in [-0.15, -0.1) is 0 Å². The van der Waals surface area contributed by atoms with Crippen molar-refractivity contribution in [2.75, 3.05) is 6.54 Å². The minimum absolute atomic E-state index is 0.214. The van der Waals surface area contributed by atoms with Gasteiger partial charge in [0.2, 0.25) is 11.8 Å². The first-order chi connectivity index (χ1) is 18.9. The maximum atomic E-state index is 14.5. The number of rotatable bonds is 13. The second-order valence-corrected chi connectivity index (χ2v) is 11.7. The Morgan fingerprint density at radius 3 is 2.25 bits per heavy atom. The fourth-order valence-corrected chi connectivity index (χ4v) is 4.63. The van der Waals surface area contributed by atoms with Crippen LogP contribution >= 0.6 is 0 Å². The number of hydrogen-bond acceptors (Lipinski definition) is 4. The summed E-state index contributed by atoms with van der Waals surface area (Å²) in [6, 6.07) is 13.5. The van der Waals surface area contributed by atoms with Crippen LogP contribution in [0, 0.1) is 13.8 Å². The van der Waals surface area contributed by atoms with Crippen molar-refractivity contribution in [2.45, 2.75) is 111 Å². The predicted molar refractivity (Wildman–Crippen MR) is 161 cm³/mol. The standard InChI is InChI=1S/C33H49N3O4/c1-9-11-15-20-34-30(37)29(27-21-23(3)18-19-24(27)4)36(25(5)10-2)31(38)28(22-26-16-13-12-14-17-26)35-32(39)40-33(6,7)8/h12-14,16-19,21,25,28-29H,9-11,15,20,22H2,1-8H3,(H,34,37)(H,35,39). The van der Waals surface area contributed by atoms with E-state index in [1.807, 2.05) is 76.2 Å². The van der Waals surface area contributed by atoms with Gasteiger partial charge in [-0.1, -0.05) is 80.8 Å². The summed E-state index contributed by atoms with van der Waals surface area (Å²) in [5, 5.41) is 5.92. The smallest absolute Gasteiger partial charge is 0.408 e. The molecule has 0 aliphatic carbocycles. The summed E-state index contributed by atoms with van der Waals surface area (Å²) in [6.45, 7) is 15.9. The molecule has 0 saturated heterocycles. The van der Waals surface area contributed by atoms with Gasteiger partial charge in [0.25, 0.3) is 0 Å². The van der Waals surface area contributed by atoms with Gasteiger partial charge in [0, 0.05) is 19.0 Å². The molecule has 0 spiro atoms. The molecule has 3 amide bonds. The molecule has 0 aliphatic rings. The fraction of sp³-hybridized carbons (Fsp3) is 0.545. The van der Waals surface area contributed by atoms with E-state index in [4.69, 9.17) is 4.74 Å². The minimum atomic E-state index is -0.924. The SMILES string of the molecule is CCCCCNC(=O)C(c1cc(C)ccc1C)N(C(=O)C(Cc1ccccc1)NC(=O)OC(C)(C)C)C(C)CC. The number of ether oxygens (including phenoxy) is 1. The predicted octanol–water partition coefficient (Wildman–Crippen LogP) is 6.41. The lowest BCUT2D eigenvalue weighted by Crippen LogP contribution is -2.56. The van der Waals surface area contributed by atoms with Gasteiger partial charge >= 0.3 is 6.09 Å². The Morgan fingerprint density at radius 1 is 0.975 bits per heavy atom. The van der Waals surface area contributed by atoms with Gasteiger partial charge in [0.1, 0.15) is 17.7 Å². The third-order valence-electron chi connectivity index (χ3n) is 6.93. The molecule has 0 bridgehead atoms. The molecule has 3 unspecified atom stereocenters. The van der Waals surface area contributed by atoms with E-state index in [1.54, 1.807) is 25.7 Å². The van der Waals surface area contributed by atoms with E-state index in [-0.39, 0.29) is 24.3 Å². The monoisotopic (exact) mass is 551 g/mol. The van der Waals surface area contributed by atoms with Crippen molar-refractivity contribution in [2.24, 2.45) is 0 Å². The fourth-order valence-electron chi connectivity index (χ4n) is 4.63. The molecule has 0 heterocycles. The molecular formula is C33H49N3O4. The van der Waals surface area contributed by atoms with Crippen LogP contribution < -0.4 is 10.6 Å². The molecule has 0 aromatic heterocycles. The van der Waals surface area contributed by atoms with Crippen LogP contribution in [0.4, 0.5) is 4.79 Å². The number of nitrogens with one attached hydrogen (secondary N) is 2. The Bertz CT molecular complexity index is 1110. The highest BCUT2D eigenvalue weighted by Crippen LogP contribution is 2.30. The highest BCUT2D eigenvalue weighted by molar-refractivity contribution is 5.92. The van der Waals surface area contributed by atoms with Crippen LogP contribution in [0.2, 0.25) is 0 Å². The molecule has 0 fully saturated rings. The molecule has 40 heavy (non-hydrogen) atoms. The van der Waals surface area contributed by atoms with Gasteiger partial charge in [0.15, 0.2) is 0 Å². The lowest BCUT2D eigenvalue weighted by molar-refractivity contribution is -0.145. The normalized spacial score (nSPS) is 13.6. The molecule has 0 saturated carbocycles. The number of amides is 3. The molecule has 7 nitrogen and oxygen atoms in total. The van der Waals surface area contributed by atoms with E-state index in [2.05, 4.69) is 17.6 Å². The van der Waals surface area contributed by atoms with Gasteiger partial charge < -0.3 is 20.3 Å². The molecule has 2 N–H and O–H groups in total. The maximum Gasteiger partial charge on any atom is 0.408 e. The summed E-state index contributed by atoms with van der Waals surface area (Å²) in [5.74, 6) is -0.534. The lowest BCUT2D eigenvalue weighted by atomic mass is 9.94. The van der Waals surface area contributed by atoms with Crippen LogP contribution in [0.15, 0.2) is 48.5 Å². The quantitative estimate of drug-likeness (QED) is 0.282. The third kappa shape index (κ3) is 10.00. The molecule has 0 radical (unpaired) electrons. The van der Waals surface area contributed by atoms with Crippen molar-refractivity contribution in [3.63, 3.8) is 0 Å². The summed E-state index contributed by atoms with van der Waals surface area (Å²) in [7, 11) is 0. The van der Waals surface area contributed by atoms with Crippen molar-refractivity contribution in [3.8, 4) is 0 Å². The zero-order valence-corrected chi connectivity index (χ0v) is 25.7. The number of carbonyl (C=O) groups excluding carboxylic acids is 3. The molecule has 220 valence electrons. The van der Waals surface area contributed by atoms with Crippen molar-refractivity contribution in [1.82, 2.24) is 15.5 Å². The Labute approximate surface area is 241 Å². The Hall–Kier alpha value is -3.35. The summed E-state index contributed by atoms with van der Waals surface area (Å²) in [5.41, 5.74) is 2.90. The summed E-state index contributed by atoms with van der Waals surface area (Å²) in [4.78, 5) is 43.0. The number of carbonyl (C=O) groups is 3. The van der Waals surface area contributed by atoms with Gasteiger partial charge in [-0.3, -0.25) is 9.59 Å². The van der Waals surface area contributed by atoms with Crippen LogP contribution in [0.25, 0.3) is 0 Å². The Kier molecular flexibility index (Phi) is 12.7. The van der Waals surface area contributed by atoms with Crippen molar-refractivity contribution >= 4 is 17.9 Å². The van der Waals surface area contributed by atoms with Crippen LogP contribution in [0.3, 0.4) is 0 Å². The lowest BCUT2D eigenvalue weighted by Gasteiger charge is -2.39. The van der Waals surface area contributed by atoms with Crippen molar-refractivity contribution in [3.05, 3.63) is 70.8 Å². The third-order valence-corrected chi connectivity index (χ3v) is 6.93. The van der Waals surface area contributed by atoms with E-state index in [0.717, 1.165) is 41.5 Å². The van der Waals surface area contributed by atoms with Crippen LogP contribution in [0.5, 0.6) is 0 Å². The van der Waals surface area contributed by atoms with Crippen LogP contribution in [0.1, 0.15) is 95.5 Å². The Morgan fingerprint density at radius 2 is 1.65 bits per heavy atom. The van der Waals surface area contributed by atoms with E-state index in [1.165, 1.54) is 0 Å². The number of hydrogen-bond donors (Lipinski definition) is 2. The number of aryl methyl sites for hydroxylation is 2.